The lowest BCUT2D eigenvalue weighted by Crippen LogP contribution is -2.39. The van der Waals surface area contributed by atoms with Gasteiger partial charge in [0.2, 0.25) is 0 Å². The highest BCUT2D eigenvalue weighted by Crippen LogP contribution is 2.30. The summed E-state index contributed by atoms with van der Waals surface area (Å²) >= 11 is 9.80. The molecule has 25 heavy (non-hydrogen) atoms. The first kappa shape index (κ1) is 16.5. The Bertz CT molecular complexity index is 927. The molecule has 1 amide bonds. The average molecular weight is 420 g/mol. The lowest BCUT2D eigenvalue weighted by Gasteiger charge is -2.32. The van der Waals surface area contributed by atoms with Gasteiger partial charge in [-0.3, -0.25) is 4.79 Å². The van der Waals surface area contributed by atoms with E-state index in [0.29, 0.717) is 17.3 Å². The number of aromatic nitrogens is 3. The van der Waals surface area contributed by atoms with Crippen molar-refractivity contribution in [3.63, 3.8) is 0 Å². The van der Waals surface area contributed by atoms with Crippen molar-refractivity contribution >= 4 is 39.1 Å². The van der Waals surface area contributed by atoms with Crippen LogP contribution in [0.25, 0.3) is 5.65 Å². The molecule has 0 radical (unpaired) electrons. The molecule has 7 heteroatoms. The molecular formula is C18H16BrClN4O. The van der Waals surface area contributed by atoms with Gasteiger partial charge < -0.3 is 4.90 Å². The van der Waals surface area contributed by atoms with Crippen molar-refractivity contribution in [3.05, 3.63) is 63.5 Å². The number of likely N-dealkylation sites (tertiary alicyclic amines) is 1. The zero-order valence-electron chi connectivity index (χ0n) is 13.4. The van der Waals surface area contributed by atoms with Crippen LogP contribution in [-0.4, -0.2) is 38.5 Å². The fraction of sp³-hybridized carbons (Fsp3) is 0.278. The minimum atomic E-state index is 0.0722. The molecule has 3 heterocycles. The summed E-state index contributed by atoms with van der Waals surface area (Å²) in [6.45, 7) is 1.43. The van der Waals surface area contributed by atoms with E-state index >= 15 is 0 Å². The molecule has 0 aliphatic carbocycles. The van der Waals surface area contributed by atoms with Gasteiger partial charge in [-0.1, -0.05) is 29.8 Å². The number of nitrogens with zero attached hydrogens (tertiary/aromatic N) is 4. The van der Waals surface area contributed by atoms with Crippen molar-refractivity contribution in [2.45, 2.75) is 18.8 Å². The van der Waals surface area contributed by atoms with Gasteiger partial charge in [0.1, 0.15) is 5.15 Å². The molecule has 1 unspecified atom stereocenters. The Hall–Kier alpha value is -1.92. The van der Waals surface area contributed by atoms with Gasteiger partial charge in [-0.25, -0.2) is 9.50 Å². The first-order valence-corrected chi connectivity index (χ1v) is 9.34. The molecule has 1 aromatic carbocycles. The van der Waals surface area contributed by atoms with Crippen molar-refractivity contribution in [2.24, 2.45) is 0 Å². The summed E-state index contributed by atoms with van der Waals surface area (Å²) < 4.78 is 2.41. The lowest BCUT2D eigenvalue weighted by molar-refractivity contribution is 0.0706. The monoisotopic (exact) mass is 418 g/mol. The number of halogens is 2. The van der Waals surface area contributed by atoms with Crippen LogP contribution in [0, 0.1) is 0 Å². The minimum Gasteiger partial charge on any atom is -0.338 e. The molecule has 2 aromatic heterocycles. The molecule has 1 fully saturated rings. The molecule has 4 rings (SSSR count). The van der Waals surface area contributed by atoms with Crippen LogP contribution in [0.15, 0.2) is 47.1 Å². The number of rotatable bonds is 2. The number of amides is 1. The summed E-state index contributed by atoms with van der Waals surface area (Å²) in [7, 11) is 0. The van der Waals surface area contributed by atoms with E-state index < -0.39 is 0 Å². The van der Waals surface area contributed by atoms with Gasteiger partial charge in [-0.05, 0) is 47.0 Å². The van der Waals surface area contributed by atoms with Crippen molar-refractivity contribution in [3.8, 4) is 0 Å². The third-order valence-corrected chi connectivity index (χ3v) is 5.38. The van der Waals surface area contributed by atoms with Crippen molar-refractivity contribution in [2.75, 3.05) is 13.1 Å². The summed E-state index contributed by atoms with van der Waals surface area (Å²) in [4.78, 5) is 19.4. The molecule has 1 atom stereocenters. The van der Waals surface area contributed by atoms with E-state index in [9.17, 15) is 4.79 Å². The number of carbonyl (C=O) groups excluding carboxylic acids is 1. The lowest BCUT2D eigenvalue weighted by atomic mass is 9.94. The van der Waals surface area contributed by atoms with Crippen LogP contribution in [-0.2, 0) is 0 Å². The van der Waals surface area contributed by atoms with Crippen LogP contribution < -0.4 is 0 Å². The van der Waals surface area contributed by atoms with E-state index in [2.05, 4.69) is 21.0 Å². The molecule has 128 valence electrons. The van der Waals surface area contributed by atoms with Crippen LogP contribution in [0.3, 0.4) is 0 Å². The van der Waals surface area contributed by atoms with Crippen LogP contribution >= 0.6 is 27.5 Å². The summed E-state index contributed by atoms with van der Waals surface area (Å²) in [6, 6.07) is 11.3. The van der Waals surface area contributed by atoms with Crippen LogP contribution in [0.4, 0.5) is 0 Å². The number of hydrogen-bond acceptors (Lipinski definition) is 3. The van der Waals surface area contributed by atoms with Gasteiger partial charge in [0.05, 0.1) is 16.4 Å². The fourth-order valence-electron chi connectivity index (χ4n) is 3.29. The third kappa shape index (κ3) is 3.16. The Morgan fingerprint density at radius 1 is 1.28 bits per heavy atom. The van der Waals surface area contributed by atoms with Gasteiger partial charge in [-0.15, -0.1) is 0 Å². The summed E-state index contributed by atoms with van der Waals surface area (Å²) in [5.41, 5.74) is 2.33. The van der Waals surface area contributed by atoms with E-state index in [1.807, 2.05) is 41.3 Å². The van der Waals surface area contributed by atoms with Gasteiger partial charge in [0, 0.05) is 24.6 Å². The molecule has 0 spiro atoms. The SMILES string of the molecule is O=C(c1ccccc1)N1CCCC(c2cc(Cl)n3ncc(Br)c3n2)C1. The maximum atomic E-state index is 12.7. The van der Waals surface area contributed by atoms with Gasteiger partial charge >= 0.3 is 0 Å². The average Bonchev–Trinajstić information content (AvgIpc) is 3.03. The Labute approximate surface area is 158 Å². The Balaban J connectivity index is 1.61. The van der Waals surface area contributed by atoms with Crippen molar-refractivity contribution in [1.82, 2.24) is 19.5 Å². The molecule has 3 aromatic rings. The fourth-order valence-corrected chi connectivity index (χ4v) is 3.88. The minimum absolute atomic E-state index is 0.0722. The van der Waals surface area contributed by atoms with E-state index in [1.165, 1.54) is 0 Å². The molecule has 1 saturated heterocycles. The first-order valence-electron chi connectivity index (χ1n) is 8.17. The molecule has 0 N–H and O–H groups in total. The molecule has 1 aliphatic heterocycles. The topological polar surface area (TPSA) is 50.5 Å². The Morgan fingerprint density at radius 3 is 2.88 bits per heavy atom. The van der Waals surface area contributed by atoms with Crippen LogP contribution in [0.1, 0.15) is 34.8 Å². The molecule has 1 aliphatic rings. The Morgan fingerprint density at radius 2 is 2.08 bits per heavy atom. The highest BCUT2D eigenvalue weighted by atomic mass is 79.9. The third-order valence-electron chi connectivity index (χ3n) is 4.55. The smallest absolute Gasteiger partial charge is 0.253 e. The number of benzene rings is 1. The highest BCUT2D eigenvalue weighted by molar-refractivity contribution is 9.10. The second-order valence-corrected chi connectivity index (χ2v) is 7.43. The van der Waals surface area contributed by atoms with Gasteiger partial charge in [-0.2, -0.15) is 5.10 Å². The highest BCUT2D eigenvalue weighted by Gasteiger charge is 2.27. The number of fused-ring (bicyclic) bond motifs is 1. The van der Waals surface area contributed by atoms with Crippen molar-refractivity contribution < 1.29 is 4.79 Å². The number of piperidine rings is 1. The maximum absolute atomic E-state index is 12.7. The quantitative estimate of drug-likeness (QED) is 0.586. The van der Waals surface area contributed by atoms with Crippen molar-refractivity contribution in [1.29, 1.82) is 0 Å². The normalized spacial score (nSPS) is 17.8. The first-order chi connectivity index (χ1) is 12.1. The zero-order chi connectivity index (χ0) is 17.4. The number of hydrogen-bond donors (Lipinski definition) is 0. The largest absolute Gasteiger partial charge is 0.338 e. The standard InChI is InChI=1S/C18H16BrClN4O/c19-14-10-21-24-16(20)9-15(22-17(14)24)13-7-4-8-23(11-13)18(25)12-5-2-1-3-6-12/h1-3,5-6,9-10,13H,4,7-8,11H2. The second kappa shape index (κ2) is 6.77. The zero-order valence-corrected chi connectivity index (χ0v) is 15.7. The second-order valence-electron chi connectivity index (χ2n) is 6.19. The molecule has 0 saturated carbocycles. The summed E-state index contributed by atoms with van der Waals surface area (Å²) in [5, 5.41) is 4.72. The van der Waals surface area contributed by atoms with Crippen LogP contribution in [0.5, 0.6) is 0 Å². The summed E-state index contributed by atoms with van der Waals surface area (Å²) in [6.07, 6.45) is 3.63. The van der Waals surface area contributed by atoms with E-state index in [4.69, 9.17) is 16.6 Å². The predicted molar refractivity (Wildman–Crippen MR) is 100 cm³/mol. The van der Waals surface area contributed by atoms with E-state index in [-0.39, 0.29) is 11.8 Å². The van der Waals surface area contributed by atoms with Gasteiger partial charge in [0.25, 0.3) is 5.91 Å². The Kier molecular flexibility index (Phi) is 4.48. The van der Waals surface area contributed by atoms with Gasteiger partial charge in [0.15, 0.2) is 5.65 Å². The molecule has 5 nitrogen and oxygen atoms in total. The maximum Gasteiger partial charge on any atom is 0.253 e. The van der Waals surface area contributed by atoms with Crippen LogP contribution in [0.2, 0.25) is 5.15 Å². The summed E-state index contributed by atoms with van der Waals surface area (Å²) in [5.74, 6) is 0.244. The number of carbonyl (C=O) groups is 1. The van der Waals surface area contributed by atoms with E-state index in [1.54, 1.807) is 10.7 Å². The van der Waals surface area contributed by atoms with E-state index in [0.717, 1.165) is 35.1 Å². The molecular weight excluding hydrogens is 404 g/mol. The molecule has 0 bridgehead atoms. The predicted octanol–water partition coefficient (Wildman–Crippen LogP) is 4.17.